The van der Waals surface area contributed by atoms with E-state index in [1.165, 1.54) is 11.5 Å². The van der Waals surface area contributed by atoms with Gasteiger partial charge in [-0.2, -0.15) is 4.37 Å². The second-order valence-electron chi connectivity index (χ2n) is 6.17. The lowest BCUT2D eigenvalue weighted by atomic mass is 10.2. The molecule has 0 spiro atoms. The first-order chi connectivity index (χ1) is 9.94. The largest absolute Gasteiger partial charge is 0.344 e. The molecule has 1 aromatic rings. The number of rotatable bonds is 3. The second-order valence-corrected chi connectivity index (χ2v) is 9.13. The van der Waals surface area contributed by atoms with Gasteiger partial charge in [0.2, 0.25) is 5.13 Å². The zero-order chi connectivity index (χ0) is 15.0. The van der Waals surface area contributed by atoms with E-state index in [4.69, 9.17) is 0 Å². The van der Waals surface area contributed by atoms with E-state index in [1.807, 2.05) is 0 Å². The molecule has 3 heterocycles. The molecule has 3 rings (SSSR count). The maximum absolute atomic E-state index is 11.6. The van der Waals surface area contributed by atoms with E-state index in [0.29, 0.717) is 17.4 Å². The molecule has 0 unspecified atom stereocenters. The molecular formula is C13H22N4O2S2. The molecule has 2 aliphatic heterocycles. The maximum Gasteiger partial charge on any atom is 0.205 e. The molecule has 2 aliphatic rings. The van der Waals surface area contributed by atoms with E-state index in [-0.39, 0.29) is 6.04 Å². The van der Waals surface area contributed by atoms with Gasteiger partial charge >= 0.3 is 0 Å². The topological polar surface area (TPSA) is 66.4 Å². The highest BCUT2D eigenvalue weighted by Crippen LogP contribution is 2.24. The highest BCUT2D eigenvalue weighted by molar-refractivity contribution is 7.91. The highest BCUT2D eigenvalue weighted by atomic mass is 32.2. The molecule has 1 atom stereocenters. The van der Waals surface area contributed by atoms with Crippen LogP contribution < -0.4 is 4.90 Å². The summed E-state index contributed by atoms with van der Waals surface area (Å²) in [5.74, 6) is 1.97. The van der Waals surface area contributed by atoms with Gasteiger partial charge in [0.15, 0.2) is 9.84 Å². The predicted molar refractivity (Wildman–Crippen MR) is 84.8 cm³/mol. The van der Waals surface area contributed by atoms with Crippen molar-refractivity contribution in [3.8, 4) is 0 Å². The van der Waals surface area contributed by atoms with Crippen molar-refractivity contribution < 1.29 is 8.42 Å². The molecule has 1 aromatic heterocycles. The Balaban J connectivity index is 1.57. The number of sulfone groups is 1. The summed E-state index contributed by atoms with van der Waals surface area (Å²) in [5.41, 5.74) is 0. The Labute approximate surface area is 130 Å². The van der Waals surface area contributed by atoms with Crippen molar-refractivity contribution in [2.75, 3.05) is 42.6 Å². The lowest BCUT2D eigenvalue weighted by Gasteiger charge is -2.37. The zero-order valence-corrected chi connectivity index (χ0v) is 14.2. The minimum atomic E-state index is -2.79. The summed E-state index contributed by atoms with van der Waals surface area (Å²) in [6, 6.07) is 0.220. The van der Waals surface area contributed by atoms with Crippen LogP contribution in [0.4, 0.5) is 5.13 Å². The molecule has 118 valence electrons. The van der Waals surface area contributed by atoms with Gasteiger partial charge in [-0.15, -0.1) is 0 Å². The lowest BCUT2D eigenvalue weighted by molar-refractivity contribution is 0.200. The third kappa shape index (κ3) is 3.37. The number of hydrogen-bond acceptors (Lipinski definition) is 7. The lowest BCUT2D eigenvalue weighted by Crippen LogP contribution is -2.50. The molecule has 2 fully saturated rings. The van der Waals surface area contributed by atoms with Gasteiger partial charge in [-0.3, -0.25) is 4.90 Å². The SMILES string of the molecule is CC(C)c1nsc(N2CCN([C@@H]3CCS(=O)(=O)C3)CC2)n1. The van der Waals surface area contributed by atoms with Crippen molar-refractivity contribution in [2.24, 2.45) is 0 Å². The van der Waals surface area contributed by atoms with Crippen LogP contribution in [0, 0.1) is 0 Å². The van der Waals surface area contributed by atoms with Crippen LogP contribution >= 0.6 is 11.5 Å². The van der Waals surface area contributed by atoms with Crippen LogP contribution in [-0.4, -0.2) is 66.4 Å². The van der Waals surface area contributed by atoms with Crippen molar-refractivity contribution in [1.29, 1.82) is 0 Å². The van der Waals surface area contributed by atoms with E-state index >= 15 is 0 Å². The number of nitrogens with zero attached hydrogens (tertiary/aromatic N) is 4. The Kier molecular flexibility index (Phi) is 4.20. The van der Waals surface area contributed by atoms with E-state index < -0.39 is 9.84 Å². The Morgan fingerprint density at radius 3 is 2.48 bits per heavy atom. The Morgan fingerprint density at radius 1 is 1.24 bits per heavy atom. The molecule has 0 amide bonds. The third-order valence-electron chi connectivity index (χ3n) is 4.26. The van der Waals surface area contributed by atoms with Gasteiger partial charge in [-0.25, -0.2) is 13.4 Å². The van der Waals surface area contributed by atoms with Gasteiger partial charge in [-0.1, -0.05) is 13.8 Å². The van der Waals surface area contributed by atoms with Crippen LogP contribution in [0.5, 0.6) is 0 Å². The van der Waals surface area contributed by atoms with Crippen molar-refractivity contribution in [2.45, 2.75) is 32.2 Å². The molecule has 8 heteroatoms. The molecule has 0 aliphatic carbocycles. The smallest absolute Gasteiger partial charge is 0.205 e. The second kappa shape index (κ2) is 5.81. The summed E-state index contributed by atoms with van der Waals surface area (Å²) in [6.45, 7) is 7.84. The van der Waals surface area contributed by atoms with Gasteiger partial charge < -0.3 is 4.90 Å². The normalized spacial score (nSPS) is 26.6. The van der Waals surface area contributed by atoms with Gasteiger partial charge in [0.25, 0.3) is 0 Å². The van der Waals surface area contributed by atoms with E-state index in [9.17, 15) is 8.42 Å². The van der Waals surface area contributed by atoms with Crippen molar-refractivity contribution in [3.05, 3.63) is 5.82 Å². The van der Waals surface area contributed by atoms with E-state index in [1.54, 1.807) is 0 Å². The number of aromatic nitrogens is 2. The fraction of sp³-hybridized carbons (Fsp3) is 0.846. The first kappa shape index (κ1) is 15.2. The van der Waals surface area contributed by atoms with Crippen molar-refractivity contribution in [1.82, 2.24) is 14.3 Å². The summed E-state index contributed by atoms with van der Waals surface area (Å²) in [5, 5.41) is 0.998. The summed E-state index contributed by atoms with van der Waals surface area (Å²) in [4.78, 5) is 9.19. The van der Waals surface area contributed by atoms with Crippen LogP contribution in [0.3, 0.4) is 0 Å². The van der Waals surface area contributed by atoms with Crippen LogP contribution in [0.1, 0.15) is 32.0 Å². The fourth-order valence-corrected chi connectivity index (χ4v) is 5.55. The summed E-state index contributed by atoms with van der Waals surface area (Å²) in [7, 11) is -2.79. The Morgan fingerprint density at radius 2 is 1.95 bits per heavy atom. The average Bonchev–Trinajstić information content (AvgIpc) is 3.05. The molecular weight excluding hydrogens is 308 g/mol. The molecule has 0 N–H and O–H groups in total. The third-order valence-corrected chi connectivity index (χ3v) is 6.80. The molecule has 0 radical (unpaired) electrons. The molecule has 2 saturated heterocycles. The van der Waals surface area contributed by atoms with Crippen LogP contribution in [0.15, 0.2) is 0 Å². The minimum absolute atomic E-state index is 0.220. The average molecular weight is 330 g/mol. The van der Waals surface area contributed by atoms with Gasteiger partial charge in [0.1, 0.15) is 5.82 Å². The Bertz CT molecular complexity index is 591. The van der Waals surface area contributed by atoms with Gasteiger partial charge in [-0.05, 0) is 6.42 Å². The number of hydrogen-bond donors (Lipinski definition) is 0. The maximum atomic E-state index is 11.6. The molecule has 0 saturated carbocycles. The van der Waals surface area contributed by atoms with Crippen molar-refractivity contribution >= 4 is 26.5 Å². The summed E-state index contributed by atoms with van der Waals surface area (Å²) < 4.78 is 27.6. The highest BCUT2D eigenvalue weighted by Gasteiger charge is 2.34. The quantitative estimate of drug-likeness (QED) is 0.823. The minimum Gasteiger partial charge on any atom is -0.344 e. The summed E-state index contributed by atoms with van der Waals surface area (Å²) in [6.07, 6.45) is 0.790. The fourth-order valence-electron chi connectivity index (χ4n) is 2.93. The van der Waals surface area contributed by atoms with Gasteiger partial charge in [0.05, 0.1) is 11.5 Å². The number of anilines is 1. The molecule has 0 bridgehead atoms. The van der Waals surface area contributed by atoms with E-state index in [0.717, 1.165) is 43.6 Å². The van der Waals surface area contributed by atoms with Crippen molar-refractivity contribution in [3.63, 3.8) is 0 Å². The Hall–Kier alpha value is -0.730. The van der Waals surface area contributed by atoms with Crippen LogP contribution in [-0.2, 0) is 9.84 Å². The molecule has 0 aromatic carbocycles. The predicted octanol–water partition coefficient (Wildman–Crippen LogP) is 0.971. The monoisotopic (exact) mass is 330 g/mol. The van der Waals surface area contributed by atoms with E-state index in [2.05, 4.69) is 33.0 Å². The van der Waals surface area contributed by atoms with Crippen LogP contribution in [0.25, 0.3) is 0 Å². The molecule has 21 heavy (non-hydrogen) atoms. The molecule has 6 nitrogen and oxygen atoms in total. The zero-order valence-electron chi connectivity index (χ0n) is 12.5. The number of piperazine rings is 1. The van der Waals surface area contributed by atoms with Gasteiger partial charge in [0, 0.05) is 49.7 Å². The summed E-state index contributed by atoms with van der Waals surface area (Å²) >= 11 is 1.47. The standard InChI is InChI=1S/C13H22N4O2S2/c1-10(2)12-14-13(20-15-12)17-6-4-16(5-7-17)11-3-8-21(18,19)9-11/h10-11H,3-9H2,1-2H3/t11-/m1/s1. The van der Waals surface area contributed by atoms with Crippen LogP contribution in [0.2, 0.25) is 0 Å². The first-order valence-corrected chi connectivity index (χ1v) is 10.1. The first-order valence-electron chi connectivity index (χ1n) is 7.47.